The van der Waals surface area contributed by atoms with Crippen LogP contribution >= 0.6 is 11.3 Å². The molecule has 1 aromatic carbocycles. The van der Waals surface area contributed by atoms with Gasteiger partial charge in [0.25, 0.3) is 0 Å². The molecule has 0 saturated heterocycles. The van der Waals surface area contributed by atoms with E-state index in [0.717, 1.165) is 36.2 Å². The number of ether oxygens (including phenoxy) is 1. The Hall–Kier alpha value is -2.18. The third kappa shape index (κ3) is 3.49. The Kier molecular flexibility index (Phi) is 5.27. The van der Waals surface area contributed by atoms with Crippen molar-refractivity contribution >= 4 is 22.2 Å². The molecule has 0 radical (unpaired) electrons. The topological polar surface area (TPSA) is 62.9 Å². The molecule has 0 aliphatic carbocycles. The molecule has 2 aromatic heterocycles. The summed E-state index contributed by atoms with van der Waals surface area (Å²) in [7, 11) is 1.83. The van der Waals surface area contributed by atoms with Gasteiger partial charge in [0.15, 0.2) is 0 Å². The van der Waals surface area contributed by atoms with Crippen LogP contribution in [0.3, 0.4) is 0 Å². The van der Waals surface area contributed by atoms with Crippen molar-refractivity contribution in [1.29, 1.82) is 5.41 Å². The summed E-state index contributed by atoms with van der Waals surface area (Å²) >= 11 is 1.70. The average molecular weight is 342 g/mol. The van der Waals surface area contributed by atoms with Gasteiger partial charge in [0.05, 0.1) is 17.2 Å². The second-order valence-electron chi connectivity index (χ2n) is 5.62. The Morgan fingerprint density at radius 2 is 2.21 bits per heavy atom. The molecule has 3 rings (SSSR count). The molecule has 24 heavy (non-hydrogen) atoms. The number of thiophene rings is 1. The van der Waals surface area contributed by atoms with Crippen LogP contribution in [0.2, 0.25) is 0 Å². The fourth-order valence-corrected chi connectivity index (χ4v) is 3.43. The van der Waals surface area contributed by atoms with E-state index in [0.29, 0.717) is 5.49 Å². The smallest absolute Gasteiger partial charge is 0.139 e. The zero-order valence-electron chi connectivity index (χ0n) is 14.0. The van der Waals surface area contributed by atoms with Crippen LogP contribution in [0.4, 0.5) is 0 Å². The monoisotopic (exact) mass is 342 g/mol. The highest BCUT2D eigenvalue weighted by atomic mass is 32.1. The van der Waals surface area contributed by atoms with E-state index in [2.05, 4.69) is 28.7 Å². The summed E-state index contributed by atoms with van der Waals surface area (Å²) in [4.78, 5) is 5.60. The largest absolute Gasteiger partial charge is 0.484 e. The fourth-order valence-electron chi connectivity index (χ4n) is 2.64. The van der Waals surface area contributed by atoms with E-state index in [4.69, 9.17) is 10.1 Å². The highest BCUT2D eigenvalue weighted by Crippen LogP contribution is 2.30. The van der Waals surface area contributed by atoms with Crippen LogP contribution in [0, 0.1) is 5.41 Å². The predicted molar refractivity (Wildman–Crippen MR) is 97.4 cm³/mol. The number of nitrogens with zero attached hydrogens (tertiary/aromatic N) is 2. The maximum Gasteiger partial charge on any atom is 0.139 e. The molecule has 0 saturated carbocycles. The molecule has 2 N–H and O–H groups in total. The van der Waals surface area contributed by atoms with E-state index in [1.54, 1.807) is 22.2 Å². The van der Waals surface area contributed by atoms with Gasteiger partial charge >= 0.3 is 0 Å². The molecule has 3 aromatic rings. The molecular formula is C18H22N4OS. The molecule has 0 fully saturated rings. The van der Waals surface area contributed by atoms with Gasteiger partial charge in [0.2, 0.25) is 0 Å². The van der Waals surface area contributed by atoms with Gasteiger partial charge in [-0.1, -0.05) is 19.1 Å². The second kappa shape index (κ2) is 7.59. The van der Waals surface area contributed by atoms with Crippen molar-refractivity contribution in [2.45, 2.75) is 19.4 Å². The maximum absolute atomic E-state index is 8.35. The minimum Gasteiger partial charge on any atom is -0.484 e. The van der Waals surface area contributed by atoms with Gasteiger partial charge in [-0.2, -0.15) is 0 Å². The summed E-state index contributed by atoms with van der Waals surface area (Å²) in [6.45, 7) is 3.94. The second-order valence-corrected chi connectivity index (χ2v) is 6.60. The first-order valence-electron chi connectivity index (χ1n) is 8.10. The maximum atomic E-state index is 8.35. The Balaban J connectivity index is 1.96. The van der Waals surface area contributed by atoms with Crippen LogP contribution in [-0.4, -0.2) is 22.6 Å². The molecule has 0 amide bonds. The van der Waals surface area contributed by atoms with Crippen molar-refractivity contribution in [1.82, 2.24) is 14.9 Å². The lowest BCUT2D eigenvalue weighted by Crippen LogP contribution is -2.21. The molecule has 1 atom stereocenters. The van der Waals surface area contributed by atoms with Gasteiger partial charge in [-0.25, -0.2) is 4.98 Å². The van der Waals surface area contributed by atoms with E-state index in [1.807, 2.05) is 31.3 Å². The fraction of sp³-hybridized carbons (Fsp3) is 0.333. The molecule has 0 bridgehead atoms. The van der Waals surface area contributed by atoms with Crippen molar-refractivity contribution in [3.05, 3.63) is 52.4 Å². The summed E-state index contributed by atoms with van der Waals surface area (Å²) in [6.07, 6.45) is 2.51. The molecule has 5 nitrogen and oxygen atoms in total. The Labute approximate surface area is 145 Å². The zero-order valence-corrected chi connectivity index (χ0v) is 14.8. The van der Waals surface area contributed by atoms with Gasteiger partial charge in [-0.05, 0) is 36.7 Å². The van der Waals surface area contributed by atoms with E-state index >= 15 is 0 Å². The molecule has 0 aliphatic rings. The van der Waals surface area contributed by atoms with Crippen molar-refractivity contribution < 1.29 is 4.74 Å². The summed E-state index contributed by atoms with van der Waals surface area (Å²) < 4.78 is 8.05. The Bertz CT molecular complexity index is 857. The zero-order chi connectivity index (χ0) is 16.9. The normalized spacial score (nSPS) is 12.4. The molecular weight excluding hydrogens is 320 g/mol. The lowest BCUT2D eigenvalue weighted by Gasteiger charge is -2.19. The van der Waals surface area contributed by atoms with Crippen LogP contribution in [0.25, 0.3) is 10.9 Å². The molecule has 0 aliphatic heterocycles. The molecule has 0 spiro atoms. The summed E-state index contributed by atoms with van der Waals surface area (Å²) in [5.74, 6) is 0.719. The highest BCUT2D eigenvalue weighted by Gasteiger charge is 2.17. The number of benzene rings is 1. The summed E-state index contributed by atoms with van der Waals surface area (Å²) in [5, 5.41) is 14.5. The van der Waals surface area contributed by atoms with Gasteiger partial charge in [0.1, 0.15) is 17.3 Å². The Morgan fingerprint density at radius 1 is 1.33 bits per heavy atom. The van der Waals surface area contributed by atoms with Crippen LogP contribution in [0.1, 0.15) is 24.3 Å². The highest BCUT2D eigenvalue weighted by molar-refractivity contribution is 7.10. The van der Waals surface area contributed by atoms with Crippen molar-refractivity contribution in [3.63, 3.8) is 0 Å². The SMILES string of the molecule is CCNCC[C@@H](Oc1cccc2ncn(C)c(=N)c12)c1cccs1. The number of aryl methyl sites for hydroxylation is 1. The third-order valence-electron chi connectivity index (χ3n) is 3.93. The third-order valence-corrected chi connectivity index (χ3v) is 4.89. The number of hydrogen-bond acceptors (Lipinski definition) is 5. The average Bonchev–Trinajstić information content (AvgIpc) is 3.12. The molecule has 6 heteroatoms. The van der Waals surface area contributed by atoms with E-state index in [1.165, 1.54) is 4.88 Å². The number of hydrogen-bond donors (Lipinski definition) is 2. The van der Waals surface area contributed by atoms with Crippen molar-refractivity contribution in [2.75, 3.05) is 13.1 Å². The first-order chi connectivity index (χ1) is 11.7. The van der Waals surface area contributed by atoms with Crippen molar-refractivity contribution in [2.24, 2.45) is 7.05 Å². The molecule has 2 heterocycles. The lowest BCUT2D eigenvalue weighted by atomic mass is 10.2. The lowest BCUT2D eigenvalue weighted by molar-refractivity contribution is 0.200. The minimum atomic E-state index is -0.0282. The van der Waals surface area contributed by atoms with E-state index < -0.39 is 0 Å². The number of nitrogens with one attached hydrogen (secondary N) is 2. The first kappa shape index (κ1) is 16.7. The van der Waals surface area contributed by atoms with Crippen LogP contribution in [0.15, 0.2) is 42.0 Å². The quantitative estimate of drug-likeness (QED) is 0.648. The van der Waals surface area contributed by atoms with E-state index in [-0.39, 0.29) is 6.10 Å². The first-order valence-corrected chi connectivity index (χ1v) is 8.98. The van der Waals surface area contributed by atoms with Gasteiger partial charge in [-0.15, -0.1) is 11.3 Å². The standard InChI is InChI=1S/C18H22N4OS/c1-3-20-10-9-14(16-8-5-11-24-16)23-15-7-4-6-13-17(15)18(19)22(2)12-21-13/h4-8,11-12,14,19-20H,3,9-10H2,1-2H3/t14-/m1/s1. The number of fused-ring (bicyclic) bond motifs is 1. The van der Waals surface area contributed by atoms with Gasteiger partial charge in [-0.3, -0.25) is 5.41 Å². The van der Waals surface area contributed by atoms with Crippen LogP contribution < -0.4 is 15.5 Å². The summed E-state index contributed by atoms with van der Waals surface area (Å²) in [6, 6.07) is 9.92. The number of aromatic nitrogens is 2. The van der Waals surface area contributed by atoms with Crippen molar-refractivity contribution in [3.8, 4) is 5.75 Å². The minimum absolute atomic E-state index is 0.0282. The van der Waals surface area contributed by atoms with Crippen LogP contribution in [-0.2, 0) is 7.05 Å². The molecule has 126 valence electrons. The van der Waals surface area contributed by atoms with Gasteiger partial charge < -0.3 is 14.6 Å². The predicted octanol–water partition coefficient (Wildman–Crippen LogP) is 3.23. The molecule has 0 unspecified atom stereocenters. The number of rotatable bonds is 7. The van der Waals surface area contributed by atoms with E-state index in [9.17, 15) is 0 Å². The Morgan fingerprint density at radius 3 is 2.96 bits per heavy atom. The summed E-state index contributed by atoms with van der Waals surface area (Å²) in [5.41, 5.74) is 1.19. The van der Waals surface area contributed by atoms with Gasteiger partial charge in [0, 0.05) is 18.3 Å². The van der Waals surface area contributed by atoms with Crippen LogP contribution in [0.5, 0.6) is 5.75 Å².